The minimum Gasteiger partial charge on any atom is -0.444 e. The lowest BCUT2D eigenvalue weighted by molar-refractivity contribution is 0.0270. The predicted molar refractivity (Wildman–Crippen MR) is 81.1 cm³/mol. The molecule has 0 radical (unpaired) electrons. The number of carbonyl (C=O) groups is 1. The van der Waals surface area contributed by atoms with Crippen LogP contribution in [0.5, 0.6) is 0 Å². The highest BCUT2D eigenvalue weighted by molar-refractivity contribution is 5.72. The van der Waals surface area contributed by atoms with E-state index in [2.05, 4.69) is 15.2 Å². The van der Waals surface area contributed by atoms with Gasteiger partial charge >= 0.3 is 6.09 Å². The van der Waals surface area contributed by atoms with E-state index < -0.39 is 11.4 Å². The van der Waals surface area contributed by atoms with Crippen molar-refractivity contribution in [1.82, 2.24) is 24.7 Å². The molecule has 7 nitrogen and oxygen atoms in total. The zero-order valence-electron chi connectivity index (χ0n) is 13.3. The molecule has 2 aromatic heterocycles. The molecule has 3 rings (SSSR count). The van der Waals surface area contributed by atoms with Crippen LogP contribution in [0, 0.1) is 5.82 Å². The second kappa shape index (κ2) is 5.60. The standard InChI is InChI=1S/C15H18FN5O2/c1-15(2,3)23-14(22)20-6-4-10(5-7-20)13-11(16)8-12-17-9-18-21(12)19-13/h4,8-9H,5-7H2,1-3H3. The fourth-order valence-electron chi connectivity index (χ4n) is 2.34. The normalized spacial score (nSPS) is 15.7. The number of amides is 1. The first-order chi connectivity index (χ1) is 10.8. The number of halogens is 1. The van der Waals surface area contributed by atoms with Gasteiger partial charge in [0.05, 0.1) is 0 Å². The summed E-state index contributed by atoms with van der Waals surface area (Å²) in [6.45, 7) is 6.28. The third-order valence-electron chi connectivity index (χ3n) is 3.40. The molecular formula is C15H18FN5O2. The van der Waals surface area contributed by atoms with Crippen LogP contribution in [0.25, 0.3) is 11.2 Å². The molecule has 0 saturated heterocycles. The highest BCUT2D eigenvalue weighted by Crippen LogP contribution is 2.24. The second-order valence-electron chi connectivity index (χ2n) is 6.35. The van der Waals surface area contributed by atoms with Gasteiger partial charge in [0.15, 0.2) is 11.5 Å². The molecule has 0 aromatic carbocycles. The second-order valence-corrected chi connectivity index (χ2v) is 6.35. The quantitative estimate of drug-likeness (QED) is 0.806. The molecule has 0 atom stereocenters. The van der Waals surface area contributed by atoms with Crippen molar-refractivity contribution in [3.05, 3.63) is 30.0 Å². The molecule has 0 spiro atoms. The Morgan fingerprint density at radius 1 is 1.39 bits per heavy atom. The molecule has 122 valence electrons. The van der Waals surface area contributed by atoms with E-state index in [-0.39, 0.29) is 11.8 Å². The summed E-state index contributed by atoms with van der Waals surface area (Å²) in [5.41, 5.74) is 0.817. The summed E-state index contributed by atoms with van der Waals surface area (Å²) in [5, 5.41) is 8.07. The Morgan fingerprint density at radius 2 is 2.17 bits per heavy atom. The fourth-order valence-corrected chi connectivity index (χ4v) is 2.34. The van der Waals surface area contributed by atoms with E-state index in [1.807, 2.05) is 20.8 Å². The molecule has 8 heteroatoms. The van der Waals surface area contributed by atoms with Crippen molar-refractivity contribution in [3.8, 4) is 0 Å². The van der Waals surface area contributed by atoms with Crippen molar-refractivity contribution < 1.29 is 13.9 Å². The first-order valence-electron chi connectivity index (χ1n) is 7.37. The van der Waals surface area contributed by atoms with Crippen LogP contribution in [0.1, 0.15) is 32.9 Å². The summed E-state index contributed by atoms with van der Waals surface area (Å²) in [6.07, 6.45) is 3.25. The molecule has 0 N–H and O–H groups in total. The van der Waals surface area contributed by atoms with Crippen LogP contribution in [-0.4, -0.2) is 49.5 Å². The largest absolute Gasteiger partial charge is 0.444 e. The van der Waals surface area contributed by atoms with Crippen molar-refractivity contribution in [2.75, 3.05) is 13.1 Å². The number of carbonyl (C=O) groups excluding carboxylic acids is 1. The minimum absolute atomic E-state index is 0.242. The van der Waals surface area contributed by atoms with Crippen LogP contribution in [0.3, 0.4) is 0 Å². The first kappa shape index (κ1) is 15.4. The van der Waals surface area contributed by atoms with Gasteiger partial charge in [-0.25, -0.2) is 14.2 Å². The van der Waals surface area contributed by atoms with Crippen molar-refractivity contribution in [2.24, 2.45) is 0 Å². The van der Waals surface area contributed by atoms with Gasteiger partial charge in [-0.1, -0.05) is 6.08 Å². The molecule has 1 aliphatic rings. The minimum atomic E-state index is -0.535. The lowest BCUT2D eigenvalue weighted by Crippen LogP contribution is -2.39. The molecule has 3 heterocycles. The Hall–Kier alpha value is -2.51. The first-order valence-corrected chi connectivity index (χ1v) is 7.37. The van der Waals surface area contributed by atoms with Crippen molar-refractivity contribution in [3.63, 3.8) is 0 Å². The van der Waals surface area contributed by atoms with Crippen LogP contribution in [-0.2, 0) is 4.74 Å². The topological polar surface area (TPSA) is 72.6 Å². The molecule has 1 aliphatic heterocycles. The molecule has 0 saturated carbocycles. The summed E-state index contributed by atoms with van der Waals surface area (Å²) in [6, 6.07) is 1.30. The third kappa shape index (κ3) is 3.30. The van der Waals surface area contributed by atoms with E-state index in [1.165, 1.54) is 17.0 Å². The molecule has 0 fully saturated rings. The van der Waals surface area contributed by atoms with E-state index in [9.17, 15) is 9.18 Å². The van der Waals surface area contributed by atoms with Gasteiger partial charge in [-0.2, -0.15) is 0 Å². The van der Waals surface area contributed by atoms with Crippen LogP contribution in [0.15, 0.2) is 18.5 Å². The molecular weight excluding hydrogens is 301 g/mol. The van der Waals surface area contributed by atoms with Gasteiger partial charge in [0, 0.05) is 19.2 Å². The number of hydrogen-bond donors (Lipinski definition) is 0. The summed E-state index contributed by atoms with van der Waals surface area (Å²) < 4.78 is 20.8. The maximum atomic E-state index is 14.2. The maximum absolute atomic E-state index is 14.2. The number of ether oxygens (including phenoxy) is 1. The zero-order chi connectivity index (χ0) is 16.6. The van der Waals surface area contributed by atoms with E-state index in [0.29, 0.717) is 25.2 Å². The lowest BCUT2D eigenvalue weighted by atomic mass is 10.0. The Labute approximate surface area is 132 Å². The molecule has 0 aliphatic carbocycles. The number of aromatic nitrogens is 4. The lowest BCUT2D eigenvalue weighted by Gasteiger charge is -2.29. The number of hydrogen-bond acceptors (Lipinski definition) is 5. The monoisotopic (exact) mass is 319 g/mol. The maximum Gasteiger partial charge on any atom is 0.410 e. The summed E-state index contributed by atoms with van der Waals surface area (Å²) in [4.78, 5) is 17.5. The number of fused-ring (bicyclic) bond motifs is 1. The molecule has 1 amide bonds. The average molecular weight is 319 g/mol. The number of nitrogens with zero attached hydrogens (tertiary/aromatic N) is 5. The van der Waals surface area contributed by atoms with E-state index in [0.717, 1.165) is 5.57 Å². The summed E-state index contributed by atoms with van der Waals surface area (Å²) in [7, 11) is 0. The van der Waals surface area contributed by atoms with Gasteiger partial charge < -0.3 is 9.64 Å². The van der Waals surface area contributed by atoms with Crippen LogP contribution < -0.4 is 0 Å². The van der Waals surface area contributed by atoms with E-state index in [4.69, 9.17) is 4.74 Å². The third-order valence-corrected chi connectivity index (χ3v) is 3.40. The Bertz CT molecular complexity index is 778. The van der Waals surface area contributed by atoms with Crippen molar-refractivity contribution in [1.29, 1.82) is 0 Å². The smallest absolute Gasteiger partial charge is 0.410 e. The average Bonchev–Trinajstić information content (AvgIpc) is 2.92. The Balaban J connectivity index is 1.77. The van der Waals surface area contributed by atoms with E-state index >= 15 is 0 Å². The molecule has 2 aromatic rings. The predicted octanol–water partition coefficient (Wildman–Crippen LogP) is 2.29. The van der Waals surface area contributed by atoms with Gasteiger partial charge in [0.2, 0.25) is 0 Å². The Morgan fingerprint density at radius 3 is 2.83 bits per heavy atom. The van der Waals surface area contributed by atoms with Gasteiger partial charge in [0.25, 0.3) is 0 Å². The SMILES string of the molecule is CC(C)(C)OC(=O)N1CC=C(c2nn3ncnc3cc2F)CC1. The van der Waals surface area contributed by atoms with Gasteiger partial charge in [0.1, 0.15) is 17.6 Å². The number of rotatable bonds is 1. The highest BCUT2D eigenvalue weighted by Gasteiger charge is 2.25. The zero-order valence-corrected chi connectivity index (χ0v) is 13.3. The summed E-state index contributed by atoms with van der Waals surface area (Å²) >= 11 is 0. The van der Waals surface area contributed by atoms with Gasteiger partial charge in [-0.05, 0) is 32.8 Å². The van der Waals surface area contributed by atoms with Gasteiger partial charge in [-0.15, -0.1) is 14.8 Å². The molecule has 23 heavy (non-hydrogen) atoms. The van der Waals surface area contributed by atoms with Crippen LogP contribution >= 0.6 is 0 Å². The van der Waals surface area contributed by atoms with E-state index in [1.54, 1.807) is 11.0 Å². The summed E-state index contributed by atoms with van der Waals surface area (Å²) in [5.74, 6) is -0.442. The van der Waals surface area contributed by atoms with Crippen molar-refractivity contribution >= 4 is 17.3 Å². The Kier molecular flexibility index (Phi) is 3.75. The fraction of sp³-hybridized carbons (Fsp3) is 0.467. The van der Waals surface area contributed by atoms with Crippen LogP contribution in [0.2, 0.25) is 0 Å². The highest BCUT2D eigenvalue weighted by atomic mass is 19.1. The van der Waals surface area contributed by atoms with Gasteiger partial charge in [-0.3, -0.25) is 0 Å². The van der Waals surface area contributed by atoms with Crippen molar-refractivity contribution in [2.45, 2.75) is 32.8 Å². The molecule has 0 unspecified atom stereocenters. The molecule has 0 bridgehead atoms. The van der Waals surface area contributed by atoms with Crippen LogP contribution in [0.4, 0.5) is 9.18 Å².